The molecule has 34 heavy (non-hydrogen) atoms. The molecule has 1 atom stereocenters. The Hall–Kier alpha value is -2.78. The fraction of sp³-hybridized carbons (Fsp3) is 0.417. The van der Waals surface area contributed by atoms with Crippen LogP contribution in [0.4, 0.5) is 5.69 Å². The van der Waals surface area contributed by atoms with Gasteiger partial charge >= 0.3 is 0 Å². The molecule has 0 saturated carbocycles. The van der Waals surface area contributed by atoms with Gasteiger partial charge < -0.3 is 15.0 Å². The summed E-state index contributed by atoms with van der Waals surface area (Å²) in [4.78, 5) is 27.9. The summed E-state index contributed by atoms with van der Waals surface area (Å²) >= 11 is 6.24. The molecule has 0 bridgehead atoms. The predicted octanol–water partition coefficient (Wildman–Crippen LogP) is 3.45. The van der Waals surface area contributed by atoms with Gasteiger partial charge in [0.2, 0.25) is 21.8 Å². The maximum Gasteiger partial charge on any atom is 0.244 e. The van der Waals surface area contributed by atoms with Crippen LogP contribution in [-0.2, 0) is 26.2 Å². The zero-order valence-electron chi connectivity index (χ0n) is 20.1. The number of carbonyl (C=O) groups is 2. The molecule has 0 aliphatic carbocycles. The van der Waals surface area contributed by atoms with Gasteiger partial charge in [0.1, 0.15) is 18.3 Å². The van der Waals surface area contributed by atoms with Crippen molar-refractivity contribution in [1.82, 2.24) is 10.2 Å². The maximum atomic E-state index is 13.6. The fourth-order valence-electron chi connectivity index (χ4n) is 3.48. The van der Waals surface area contributed by atoms with E-state index in [2.05, 4.69) is 5.32 Å². The first-order chi connectivity index (χ1) is 16.0. The summed E-state index contributed by atoms with van der Waals surface area (Å²) in [7, 11) is -2.28. The molecule has 2 aromatic rings. The molecular formula is C24H32ClN3O5S. The van der Waals surface area contributed by atoms with E-state index in [1.807, 2.05) is 13.8 Å². The van der Waals surface area contributed by atoms with Crippen molar-refractivity contribution in [3.63, 3.8) is 0 Å². The van der Waals surface area contributed by atoms with Crippen LogP contribution in [0, 0.1) is 0 Å². The van der Waals surface area contributed by atoms with Gasteiger partial charge in [-0.05, 0) is 50.1 Å². The Morgan fingerprint density at radius 2 is 1.71 bits per heavy atom. The third kappa shape index (κ3) is 7.36. The number of hydrogen-bond acceptors (Lipinski definition) is 5. The van der Waals surface area contributed by atoms with Crippen molar-refractivity contribution in [2.45, 2.75) is 45.8 Å². The highest BCUT2D eigenvalue weighted by molar-refractivity contribution is 7.92. The molecule has 0 fully saturated rings. The van der Waals surface area contributed by atoms with Crippen LogP contribution in [0.1, 0.15) is 32.8 Å². The molecule has 0 unspecified atom stereocenters. The first-order valence-corrected chi connectivity index (χ1v) is 13.2. The second kappa shape index (κ2) is 12.1. The van der Waals surface area contributed by atoms with Crippen molar-refractivity contribution in [3.8, 4) is 5.75 Å². The first-order valence-electron chi connectivity index (χ1n) is 10.9. The second-order valence-corrected chi connectivity index (χ2v) is 10.5. The van der Waals surface area contributed by atoms with E-state index in [1.165, 1.54) is 11.0 Å². The molecule has 0 heterocycles. The van der Waals surface area contributed by atoms with Gasteiger partial charge in [-0.25, -0.2) is 8.42 Å². The number of hydrogen-bond donors (Lipinski definition) is 1. The van der Waals surface area contributed by atoms with Gasteiger partial charge in [-0.1, -0.05) is 42.8 Å². The molecule has 0 aliphatic heterocycles. The van der Waals surface area contributed by atoms with Gasteiger partial charge in [-0.3, -0.25) is 13.9 Å². The van der Waals surface area contributed by atoms with Crippen LogP contribution in [0.25, 0.3) is 0 Å². The van der Waals surface area contributed by atoms with Crippen LogP contribution in [0.3, 0.4) is 0 Å². The highest BCUT2D eigenvalue weighted by atomic mass is 35.5. The third-order valence-electron chi connectivity index (χ3n) is 5.13. The Morgan fingerprint density at radius 3 is 2.21 bits per heavy atom. The second-order valence-electron chi connectivity index (χ2n) is 8.18. The van der Waals surface area contributed by atoms with E-state index in [0.29, 0.717) is 12.2 Å². The predicted molar refractivity (Wildman–Crippen MR) is 135 cm³/mol. The molecule has 0 aliphatic rings. The quantitative estimate of drug-likeness (QED) is 0.500. The minimum absolute atomic E-state index is 0.116. The average Bonchev–Trinajstić information content (AvgIpc) is 2.77. The van der Waals surface area contributed by atoms with Gasteiger partial charge in [0.25, 0.3) is 0 Å². The Balaban J connectivity index is 2.44. The van der Waals surface area contributed by atoms with Crippen molar-refractivity contribution in [3.05, 3.63) is 59.1 Å². The van der Waals surface area contributed by atoms with Crippen molar-refractivity contribution in [1.29, 1.82) is 0 Å². The first kappa shape index (κ1) is 27.5. The molecule has 0 aromatic heterocycles. The maximum absolute atomic E-state index is 13.6. The summed E-state index contributed by atoms with van der Waals surface area (Å²) in [6.07, 6.45) is 1.37. The number of rotatable bonds is 11. The molecule has 0 saturated heterocycles. The number of benzene rings is 2. The summed E-state index contributed by atoms with van der Waals surface area (Å²) in [6, 6.07) is 12.6. The van der Waals surface area contributed by atoms with Crippen molar-refractivity contribution < 1.29 is 22.7 Å². The van der Waals surface area contributed by atoms with Crippen molar-refractivity contribution in [2.24, 2.45) is 0 Å². The minimum Gasteiger partial charge on any atom is -0.497 e. The number of anilines is 1. The van der Waals surface area contributed by atoms with Crippen LogP contribution < -0.4 is 14.4 Å². The largest absolute Gasteiger partial charge is 0.497 e. The Morgan fingerprint density at radius 1 is 1.09 bits per heavy atom. The van der Waals surface area contributed by atoms with E-state index in [-0.39, 0.29) is 29.2 Å². The van der Waals surface area contributed by atoms with Crippen LogP contribution in [0.15, 0.2) is 48.5 Å². The van der Waals surface area contributed by atoms with Gasteiger partial charge in [-0.15, -0.1) is 0 Å². The monoisotopic (exact) mass is 509 g/mol. The summed E-state index contributed by atoms with van der Waals surface area (Å²) in [5.74, 6) is -0.164. The van der Waals surface area contributed by atoms with Crippen molar-refractivity contribution in [2.75, 3.05) is 24.2 Å². The normalized spacial score (nSPS) is 12.2. The molecule has 10 heteroatoms. The molecule has 8 nitrogen and oxygen atoms in total. The minimum atomic E-state index is -3.84. The number of nitrogens with one attached hydrogen (secondary N) is 1. The number of para-hydroxylation sites is 1. The zero-order chi connectivity index (χ0) is 25.5. The lowest BCUT2D eigenvalue weighted by atomic mass is 10.1. The van der Waals surface area contributed by atoms with Crippen LogP contribution in [0.5, 0.6) is 5.75 Å². The van der Waals surface area contributed by atoms with E-state index in [4.69, 9.17) is 16.3 Å². The Bertz CT molecular complexity index is 1090. The standard InChI is InChI=1S/C24H32ClN3O5S/c1-6-21(24(30)26-17(2)3)27(15-18-11-13-19(33-4)14-12-18)23(29)16-28(34(5,31)32)22-10-8-7-9-20(22)25/h7-14,17,21H,6,15-16H2,1-5H3,(H,26,30)/t21-/m0/s1. The van der Waals surface area contributed by atoms with Gasteiger partial charge in [0.15, 0.2) is 0 Å². The van der Waals surface area contributed by atoms with E-state index in [0.717, 1.165) is 16.1 Å². The lowest BCUT2D eigenvalue weighted by Gasteiger charge is -2.33. The number of halogens is 1. The Labute approximate surface area is 206 Å². The van der Waals surface area contributed by atoms with E-state index in [9.17, 15) is 18.0 Å². The molecule has 0 spiro atoms. The van der Waals surface area contributed by atoms with Crippen LogP contribution in [-0.4, -0.2) is 57.1 Å². The number of nitrogens with zero attached hydrogens (tertiary/aromatic N) is 2. The zero-order valence-corrected chi connectivity index (χ0v) is 21.7. The van der Waals surface area contributed by atoms with Crippen LogP contribution in [0.2, 0.25) is 5.02 Å². The topological polar surface area (TPSA) is 96.0 Å². The van der Waals surface area contributed by atoms with Gasteiger partial charge in [-0.2, -0.15) is 0 Å². The van der Waals surface area contributed by atoms with E-state index >= 15 is 0 Å². The molecule has 2 rings (SSSR count). The van der Waals surface area contributed by atoms with E-state index < -0.39 is 28.5 Å². The lowest BCUT2D eigenvalue weighted by molar-refractivity contribution is -0.140. The molecule has 186 valence electrons. The smallest absolute Gasteiger partial charge is 0.244 e. The number of carbonyl (C=O) groups excluding carboxylic acids is 2. The number of amides is 2. The summed E-state index contributed by atoms with van der Waals surface area (Å²) < 4.78 is 31.3. The Kier molecular flexibility index (Phi) is 9.76. The number of methoxy groups -OCH3 is 1. The average molecular weight is 510 g/mol. The fourth-order valence-corrected chi connectivity index (χ4v) is 4.63. The highest BCUT2D eigenvalue weighted by Crippen LogP contribution is 2.27. The molecule has 1 N–H and O–H groups in total. The molecule has 2 amide bonds. The van der Waals surface area contributed by atoms with E-state index in [1.54, 1.807) is 56.5 Å². The molecule has 0 radical (unpaired) electrons. The molecular weight excluding hydrogens is 478 g/mol. The summed E-state index contributed by atoms with van der Waals surface area (Å²) in [5, 5.41) is 3.05. The molecule has 2 aromatic carbocycles. The van der Waals surface area contributed by atoms with Crippen molar-refractivity contribution >= 4 is 39.1 Å². The number of sulfonamides is 1. The third-order valence-corrected chi connectivity index (χ3v) is 6.58. The van der Waals surface area contributed by atoms with Gasteiger partial charge in [0.05, 0.1) is 24.1 Å². The van der Waals surface area contributed by atoms with Crippen LogP contribution >= 0.6 is 11.6 Å². The number of ether oxygens (including phenoxy) is 1. The SMILES string of the molecule is CC[C@@H](C(=O)NC(C)C)N(Cc1ccc(OC)cc1)C(=O)CN(c1ccccc1Cl)S(C)(=O)=O. The lowest BCUT2D eigenvalue weighted by Crippen LogP contribution is -2.53. The summed E-state index contributed by atoms with van der Waals surface area (Å²) in [6.45, 7) is 5.10. The highest BCUT2D eigenvalue weighted by Gasteiger charge is 2.32. The van der Waals surface area contributed by atoms with Gasteiger partial charge in [0, 0.05) is 12.6 Å². The summed E-state index contributed by atoms with van der Waals surface area (Å²) in [5.41, 5.74) is 0.970.